The minimum absolute atomic E-state index is 0.133. The van der Waals surface area contributed by atoms with E-state index in [0.29, 0.717) is 31.2 Å². The predicted octanol–water partition coefficient (Wildman–Crippen LogP) is 4.95. The van der Waals surface area contributed by atoms with E-state index in [1.807, 2.05) is 31.2 Å². The minimum atomic E-state index is -0.146. The van der Waals surface area contributed by atoms with Crippen LogP contribution in [-0.2, 0) is 10.2 Å². The second-order valence-corrected chi connectivity index (χ2v) is 9.11. The van der Waals surface area contributed by atoms with Gasteiger partial charge in [-0.05, 0) is 49.6 Å². The van der Waals surface area contributed by atoms with Crippen molar-refractivity contribution < 1.29 is 13.9 Å². The van der Waals surface area contributed by atoms with E-state index in [1.165, 1.54) is 16.9 Å². The van der Waals surface area contributed by atoms with Crippen molar-refractivity contribution in [3.05, 3.63) is 63.3 Å². The number of hydrogen-bond donors (Lipinski definition) is 1. The molecule has 0 spiro atoms. The molecule has 4 rings (SSSR count). The van der Waals surface area contributed by atoms with Gasteiger partial charge in [-0.15, -0.1) is 11.3 Å². The van der Waals surface area contributed by atoms with E-state index in [0.717, 1.165) is 27.2 Å². The molecule has 1 saturated heterocycles. The lowest BCUT2D eigenvalue weighted by Gasteiger charge is -2.38. The maximum Gasteiger partial charge on any atom is 0.271 e. The Bertz CT molecular complexity index is 962. The molecule has 1 aromatic carbocycles. The third kappa shape index (κ3) is 3.92. The van der Waals surface area contributed by atoms with E-state index in [4.69, 9.17) is 9.15 Å². The minimum Gasteiger partial charge on any atom is -0.462 e. The SMILES string of the molecule is Cc1sc(-c2ccco2)nc1C(=O)NCC1(c2cccc(Br)c2)CCOCC1. The van der Waals surface area contributed by atoms with E-state index >= 15 is 0 Å². The fourth-order valence-electron chi connectivity index (χ4n) is 3.59. The number of carbonyl (C=O) groups is 1. The predicted molar refractivity (Wildman–Crippen MR) is 113 cm³/mol. The summed E-state index contributed by atoms with van der Waals surface area (Å²) < 4.78 is 12.0. The molecule has 1 fully saturated rings. The fraction of sp³-hybridized carbons (Fsp3) is 0.333. The van der Waals surface area contributed by atoms with E-state index in [-0.39, 0.29) is 11.3 Å². The zero-order valence-corrected chi connectivity index (χ0v) is 17.9. The highest BCUT2D eigenvalue weighted by atomic mass is 79.9. The number of rotatable bonds is 5. The molecule has 1 amide bonds. The van der Waals surface area contributed by atoms with Gasteiger partial charge in [-0.25, -0.2) is 4.98 Å². The smallest absolute Gasteiger partial charge is 0.271 e. The van der Waals surface area contributed by atoms with E-state index in [1.54, 1.807) is 6.26 Å². The average molecular weight is 461 g/mol. The normalized spacial score (nSPS) is 16.1. The first-order chi connectivity index (χ1) is 13.6. The molecule has 1 aliphatic heterocycles. The van der Waals surface area contributed by atoms with Crippen molar-refractivity contribution >= 4 is 33.2 Å². The molecule has 3 aromatic rings. The van der Waals surface area contributed by atoms with Crippen LogP contribution in [0.2, 0.25) is 0 Å². The summed E-state index contributed by atoms with van der Waals surface area (Å²) in [6, 6.07) is 12.0. The van der Waals surface area contributed by atoms with Crippen LogP contribution in [0, 0.1) is 6.92 Å². The Balaban J connectivity index is 1.54. The molecular formula is C21H21BrN2O3S. The summed E-state index contributed by atoms with van der Waals surface area (Å²) >= 11 is 5.03. The molecule has 0 unspecified atom stereocenters. The van der Waals surface area contributed by atoms with Crippen LogP contribution in [0.5, 0.6) is 0 Å². The lowest BCUT2D eigenvalue weighted by Crippen LogP contribution is -2.44. The van der Waals surface area contributed by atoms with Gasteiger partial charge in [0.25, 0.3) is 5.91 Å². The van der Waals surface area contributed by atoms with Crippen LogP contribution in [0.25, 0.3) is 10.8 Å². The van der Waals surface area contributed by atoms with Crippen molar-refractivity contribution in [2.75, 3.05) is 19.8 Å². The monoisotopic (exact) mass is 460 g/mol. The maximum absolute atomic E-state index is 12.9. The Kier molecular flexibility index (Phi) is 5.66. The van der Waals surface area contributed by atoms with Gasteiger partial charge in [-0.1, -0.05) is 28.1 Å². The van der Waals surface area contributed by atoms with Crippen LogP contribution >= 0.6 is 27.3 Å². The quantitative estimate of drug-likeness (QED) is 0.584. The number of ether oxygens (including phenoxy) is 1. The molecule has 0 aliphatic carbocycles. The Morgan fingerprint density at radius 3 is 2.82 bits per heavy atom. The molecule has 1 aliphatic rings. The average Bonchev–Trinajstić information content (AvgIpc) is 3.36. The number of furan rings is 1. The molecule has 28 heavy (non-hydrogen) atoms. The number of aryl methyl sites for hydroxylation is 1. The highest BCUT2D eigenvalue weighted by molar-refractivity contribution is 9.10. The van der Waals surface area contributed by atoms with E-state index < -0.39 is 0 Å². The van der Waals surface area contributed by atoms with Crippen molar-refractivity contribution in [2.45, 2.75) is 25.2 Å². The summed E-state index contributed by atoms with van der Waals surface area (Å²) in [5, 5.41) is 3.85. The first-order valence-corrected chi connectivity index (χ1v) is 10.8. The number of benzene rings is 1. The Morgan fingerprint density at radius 2 is 2.11 bits per heavy atom. The summed E-state index contributed by atoms with van der Waals surface area (Å²) in [6.45, 7) is 3.86. The van der Waals surface area contributed by atoms with Crippen LogP contribution < -0.4 is 5.32 Å². The van der Waals surface area contributed by atoms with Gasteiger partial charge in [0.2, 0.25) is 0 Å². The van der Waals surface area contributed by atoms with Gasteiger partial charge in [0.05, 0.1) is 6.26 Å². The van der Waals surface area contributed by atoms with E-state index in [9.17, 15) is 4.79 Å². The largest absolute Gasteiger partial charge is 0.462 e. The molecule has 5 nitrogen and oxygen atoms in total. The highest BCUT2D eigenvalue weighted by Crippen LogP contribution is 2.36. The van der Waals surface area contributed by atoms with Crippen LogP contribution in [0.15, 0.2) is 51.6 Å². The first-order valence-electron chi connectivity index (χ1n) is 9.21. The van der Waals surface area contributed by atoms with E-state index in [2.05, 4.69) is 38.4 Å². The number of halogens is 1. The second-order valence-electron chi connectivity index (χ2n) is 6.99. The fourth-order valence-corrected chi connectivity index (χ4v) is 4.87. The number of amides is 1. The molecular weight excluding hydrogens is 440 g/mol. The molecule has 1 N–H and O–H groups in total. The number of thiazole rings is 1. The van der Waals surface area contributed by atoms with Crippen molar-refractivity contribution in [3.8, 4) is 10.8 Å². The number of hydrogen-bond acceptors (Lipinski definition) is 5. The topological polar surface area (TPSA) is 64.4 Å². The van der Waals surface area contributed by atoms with Gasteiger partial charge in [-0.3, -0.25) is 4.79 Å². The van der Waals surface area contributed by atoms with Crippen molar-refractivity contribution in [1.29, 1.82) is 0 Å². The summed E-state index contributed by atoms with van der Waals surface area (Å²) in [6.07, 6.45) is 3.35. The zero-order valence-electron chi connectivity index (χ0n) is 15.5. The van der Waals surface area contributed by atoms with Gasteiger partial charge in [-0.2, -0.15) is 0 Å². The van der Waals surface area contributed by atoms with Gasteiger partial charge >= 0.3 is 0 Å². The number of nitrogens with zero attached hydrogens (tertiary/aromatic N) is 1. The first kappa shape index (κ1) is 19.4. The molecule has 0 atom stereocenters. The lowest BCUT2D eigenvalue weighted by atomic mass is 9.74. The molecule has 0 bridgehead atoms. The molecule has 3 heterocycles. The maximum atomic E-state index is 12.9. The molecule has 0 saturated carbocycles. The van der Waals surface area contributed by atoms with Gasteiger partial charge in [0, 0.05) is 34.5 Å². The zero-order chi connectivity index (χ0) is 19.6. The third-order valence-electron chi connectivity index (χ3n) is 5.22. The number of nitrogens with one attached hydrogen (secondary N) is 1. The van der Waals surface area contributed by atoms with Crippen LogP contribution in [0.3, 0.4) is 0 Å². The van der Waals surface area contributed by atoms with Gasteiger partial charge in [0.1, 0.15) is 5.69 Å². The van der Waals surface area contributed by atoms with Crippen LogP contribution in [0.1, 0.15) is 33.8 Å². The number of aromatic nitrogens is 1. The van der Waals surface area contributed by atoms with Crippen molar-refractivity contribution in [1.82, 2.24) is 10.3 Å². The van der Waals surface area contributed by atoms with Crippen molar-refractivity contribution in [2.24, 2.45) is 0 Å². The molecule has 2 aromatic heterocycles. The third-order valence-corrected chi connectivity index (χ3v) is 6.70. The van der Waals surface area contributed by atoms with Crippen LogP contribution in [-0.4, -0.2) is 30.6 Å². The Labute approximate surface area is 176 Å². The Morgan fingerprint density at radius 1 is 1.29 bits per heavy atom. The summed E-state index contributed by atoms with van der Waals surface area (Å²) in [5.74, 6) is 0.537. The summed E-state index contributed by atoms with van der Waals surface area (Å²) in [5.41, 5.74) is 1.55. The summed E-state index contributed by atoms with van der Waals surface area (Å²) in [7, 11) is 0. The second kappa shape index (κ2) is 8.19. The standard InChI is InChI=1S/C21H21BrN2O3S/c1-14-18(24-20(28-14)17-6-3-9-27-17)19(25)23-13-21(7-10-26-11-8-21)15-4-2-5-16(22)12-15/h2-6,9,12H,7-8,10-11,13H2,1H3,(H,23,25). The summed E-state index contributed by atoms with van der Waals surface area (Å²) in [4.78, 5) is 18.3. The van der Waals surface area contributed by atoms with Crippen molar-refractivity contribution in [3.63, 3.8) is 0 Å². The van der Waals surface area contributed by atoms with Gasteiger partial charge in [0.15, 0.2) is 10.8 Å². The number of carbonyl (C=O) groups excluding carboxylic acids is 1. The molecule has 0 radical (unpaired) electrons. The molecule has 146 valence electrons. The molecule has 7 heteroatoms. The lowest BCUT2D eigenvalue weighted by molar-refractivity contribution is 0.0486. The van der Waals surface area contributed by atoms with Crippen LogP contribution in [0.4, 0.5) is 0 Å². The Hall–Kier alpha value is -1.96. The highest BCUT2D eigenvalue weighted by Gasteiger charge is 2.35. The van der Waals surface area contributed by atoms with Gasteiger partial charge < -0.3 is 14.5 Å².